The second-order valence-corrected chi connectivity index (χ2v) is 5.72. The van der Waals surface area contributed by atoms with Gasteiger partial charge in [-0.2, -0.15) is 10.2 Å². The van der Waals surface area contributed by atoms with Crippen LogP contribution in [-0.4, -0.2) is 41.1 Å². The zero-order chi connectivity index (χ0) is 19.9. The molecule has 0 saturated heterocycles. The lowest BCUT2D eigenvalue weighted by Gasteiger charge is -2.07. The average molecular weight is 380 g/mol. The number of amides is 1. The van der Waals surface area contributed by atoms with Gasteiger partial charge >= 0.3 is 0 Å². The molecule has 28 heavy (non-hydrogen) atoms. The highest BCUT2D eigenvalue weighted by atomic mass is 16.5. The third-order valence-corrected chi connectivity index (χ3v) is 3.89. The van der Waals surface area contributed by atoms with Gasteiger partial charge in [0.05, 0.1) is 25.6 Å². The van der Waals surface area contributed by atoms with E-state index in [2.05, 4.69) is 20.7 Å². The molecule has 0 atom stereocenters. The number of nitrogens with one attached hydrogen (secondary N) is 2. The summed E-state index contributed by atoms with van der Waals surface area (Å²) in [6.07, 6.45) is 1.34. The maximum Gasteiger partial charge on any atom is 0.289 e. The molecule has 0 aliphatic rings. The lowest BCUT2D eigenvalue weighted by molar-refractivity contribution is 0.0950. The molecule has 3 rings (SSSR count). The minimum Gasteiger partial charge on any atom is -0.504 e. The molecule has 0 aliphatic heterocycles. The van der Waals surface area contributed by atoms with Gasteiger partial charge in [-0.15, -0.1) is 0 Å². The molecule has 8 nitrogen and oxygen atoms in total. The number of carbonyl (C=O) groups excluding carboxylic acids is 1. The van der Waals surface area contributed by atoms with Crippen LogP contribution in [0.15, 0.2) is 53.6 Å². The summed E-state index contributed by atoms with van der Waals surface area (Å²) in [4.78, 5) is 12.2. The number of carbonyl (C=O) groups is 1. The number of hydrogen-bond acceptors (Lipinski definition) is 6. The second kappa shape index (κ2) is 8.72. The number of H-pyrrole nitrogens is 1. The van der Waals surface area contributed by atoms with Crippen molar-refractivity contribution < 1.29 is 19.4 Å². The average Bonchev–Trinajstić information content (AvgIpc) is 3.21. The Morgan fingerprint density at radius 3 is 2.89 bits per heavy atom. The predicted octanol–water partition coefficient (Wildman–Crippen LogP) is 2.95. The fourth-order valence-electron chi connectivity index (χ4n) is 2.50. The van der Waals surface area contributed by atoms with E-state index in [9.17, 15) is 9.90 Å². The molecule has 0 fully saturated rings. The molecule has 3 N–H and O–H groups in total. The smallest absolute Gasteiger partial charge is 0.289 e. The number of phenols is 1. The van der Waals surface area contributed by atoms with E-state index in [4.69, 9.17) is 9.47 Å². The molecule has 1 heterocycles. The number of para-hydroxylation sites is 1. The van der Waals surface area contributed by atoms with Gasteiger partial charge in [0.1, 0.15) is 11.4 Å². The largest absolute Gasteiger partial charge is 0.504 e. The third kappa shape index (κ3) is 4.29. The minimum absolute atomic E-state index is 0.0378. The zero-order valence-corrected chi connectivity index (χ0v) is 15.5. The van der Waals surface area contributed by atoms with E-state index in [0.717, 1.165) is 5.56 Å². The summed E-state index contributed by atoms with van der Waals surface area (Å²) < 4.78 is 10.5. The van der Waals surface area contributed by atoms with E-state index < -0.39 is 5.91 Å². The van der Waals surface area contributed by atoms with Crippen molar-refractivity contribution in [2.24, 2.45) is 5.10 Å². The number of methoxy groups -OCH3 is 1. The summed E-state index contributed by atoms with van der Waals surface area (Å²) in [6.45, 7) is 2.25. The lowest BCUT2D eigenvalue weighted by atomic mass is 10.1. The molecule has 144 valence electrons. The molecule has 0 aliphatic carbocycles. The number of ether oxygens (including phenoxy) is 2. The van der Waals surface area contributed by atoms with Crippen molar-refractivity contribution in [3.63, 3.8) is 0 Å². The van der Waals surface area contributed by atoms with Gasteiger partial charge in [-0.3, -0.25) is 9.89 Å². The van der Waals surface area contributed by atoms with Crippen molar-refractivity contribution >= 4 is 12.1 Å². The number of benzene rings is 2. The number of hydrogen-bond donors (Lipinski definition) is 3. The number of rotatable bonds is 7. The highest BCUT2D eigenvalue weighted by Gasteiger charge is 2.11. The maximum atomic E-state index is 12.2. The Labute approximate surface area is 161 Å². The first-order valence-electron chi connectivity index (χ1n) is 8.60. The number of aromatic nitrogens is 2. The van der Waals surface area contributed by atoms with Gasteiger partial charge in [0.25, 0.3) is 5.91 Å². The SMILES string of the molecule is CCOc1cccc(/C=N/NC(=O)c2cc(-c3cccc(OC)c3)n[nH]2)c1O. The molecule has 8 heteroatoms. The van der Waals surface area contributed by atoms with Crippen LogP contribution in [0.4, 0.5) is 0 Å². The number of phenolic OH excluding ortho intramolecular Hbond substituents is 1. The summed E-state index contributed by atoms with van der Waals surface area (Å²) in [5.41, 5.74) is 4.49. The van der Waals surface area contributed by atoms with E-state index in [1.54, 1.807) is 31.4 Å². The lowest BCUT2D eigenvalue weighted by Crippen LogP contribution is -2.18. The van der Waals surface area contributed by atoms with E-state index in [1.807, 2.05) is 31.2 Å². The third-order valence-electron chi connectivity index (χ3n) is 3.89. The van der Waals surface area contributed by atoms with Crippen molar-refractivity contribution in [1.82, 2.24) is 15.6 Å². The highest BCUT2D eigenvalue weighted by Crippen LogP contribution is 2.28. The van der Waals surface area contributed by atoms with Crippen LogP contribution in [0.1, 0.15) is 23.0 Å². The fraction of sp³-hybridized carbons (Fsp3) is 0.150. The van der Waals surface area contributed by atoms with E-state index in [0.29, 0.717) is 29.4 Å². The van der Waals surface area contributed by atoms with Crippen LogP contribution < -0.4 is 14.9 Å². The molecular formula is C20H20N4O4. The molecule has 0 radical (unpaired) electrons. The topological polar surface area (TPSA) is 109 Å². The monoisotopic (exact) mass is 380 g/mol. The zero-order valence-electron chi connectivity index (χ0n) is 15.5. The molecule has 1 amide bonds. The summed E-state index contributed by atoms with van der Waals surface area (Å²) >= 11 is 0. The van der Waals surface area contributed by atoms with Crippen molar-refractivity contribution in [2.45, 2.75) is 6.92 Å². The summed E-state index contributed by atoms with van der Waals surface area (Å²) in [6, 6.07) is 14.0. The van der Waals surface area contributed by atoms with Gasteiger partial charge < -0.3 is 14.6 Å². The van der Waals surface area contributed by atoms with Crippen LogP contribution in [-0.2, 0) is 0 Å². The van der Waals surface area contributed by atoms with Gasteiger partial charge in [0.15, 0.2) is 11.5 Å². The van der Waals surface area contributed by atoms with Crippen LogP contribution in [0.3, 0.4) is 0 Å². The first kappa shape index (κ1) is 19.0. The highest BCUT2D eigenvalue weighted by molar-refractivity contribution is 5.94. The Kier molecular flexibility index (Phi) is 5.91. The van der Waals surface area contributed by atoms with E-state index >= 15 is 0 Å². The van der Waals surface area contributed by atoms with Crippen LogP contribution >= 0.6 is 0 Å². The first-order chi connectivity index (χ1) is 13.6. The van der Waals surface area contributed by atoms with Gasteiger partial charge in [-0.05, 0) is 37.3 Å². The second-order valence-electron chi connectivity index (χ2n) is 5.72. The molecule has 0 unspecified atom stereocenters. The van der Waals surface area contributed by atoms with Gasteiger partial charge in [-0.25, -0.2) is 5.43 Å². The van der Waals surface area contributed by atoms with Crippen LogP contribution in [0.25, 0.3) is 11.3 Å². The Morgan fingerprint density at radius 2 is 2.11 bits per heavy atom. The van der Waals surface area contributed by atoms with Crippen molar-refractivity contribution in [2.75, 3.05) is 13.7 Å². The Balaban J connectivity index is 1.68. The van der Waals surface area contributed by atoms with E-state index in [-0.39, 0.29) is 11.4 Å². The van der Waals surface area contributed by atoms with Crippen molar-refractivity contribution in [3.05, 3.63) is 59.8 Å². The van der Waals surface area contributed by atoms with Crippen molar-refractivity contribution in [1.29, 1.82) is 0 Å². The summed E-state index contributed by atoms with van der Waals surface area (Å²) in [5.74, 6) is 0.557. The molecule has 1 aromatic heterocycles. The summed E-state index contributed by atoms with van der Waals surface area (Å²) in [5, 5.41) is 20.8. The van der Waals surface area contributed by atoms with Crippen LogP contribution in [0.2, 0.25) is 0 Å². The quantitative estimate of drug-likeness (QED) is 0.431. The van der Waals surface area contributed by atoms with Crippen LogP contribution in [0.5, 0.6) is 17.2 Å². The first-order valence-corrected chi connectivity index (χ1v) is 8.60. The Morgan fingerprint density at radius 1 is 1.29 bits per heavy atom. The fourth-order valence-corrected chi connectivity index (χ4v) is 2.50. The Hall–Kier alpha value is -3.81. The number of aromatic hydroxyl groups is 1. The summed E-state index contributed by atoms with van der Waals surface area (Å²) in [7, 11) is 1.59. The van der Waals surface area contributed by atoms with Gasteiger partial charge in [0, 0.05) is 11.1 Å². The van der Waals surface area contributed by atoms with Crippen LogP contribution in [0, 0.1) is 0 Å². The van der Waals surface area contributed by atoms with E-state index in [1.165, 1.54) is 6.21 Å². The number of aromatic amines is 1. The van der Waals surface area contributed by atoms with Gasteiger partial charge in [0.2, 0.25) is 0 Å². The maximum absolute atomic E-state index is 12.2. The number of hydrazone groups is 1. The van der Waals surface area contributed by atoms with Gasteiger partial charge in [-0.1, -0.05) is 18.2 Å². The molecule has 2 aromatic carbocycles. The number of nitrogens with zero attached hydrogens (tertiary/aromatic N) is 2. The molecule has 0 saturated carbocycles. The predicted molar refractivity (Wildman–Crippen MR) is 105 cm³/mol. The standard InChI is InChI=1S/C20H20N4O4/c1-3-28-18-9-5-7-14(19(18)25)12-21-24-20(26)17-11-16(22-23-17)13-6-4-8-15(10-13)27-2/h4-12,25H,3H2,1-2H3,(H,22,23)(H,24,26)/b21-12+. The van der Waals surface area contributed by atoms with Crippen molar-refractivity contribution in [3.8, 4) is 28.5 Å². The molecule has 0 bridgehead atoms. The Bertz CT molecular complexity index is 997. The molecule has 3 aromatic rings. The minimum atomic E-state index is -0.460. The normalized spacial score (nSPS) is 10.8. The molecule has 0 spiro atoms. The molecular weight excluding hydrogens is 360 g/mol.